The first-order valence-corrected chi connectivity index (χ1v) is 16.2. The molecule has 1 saturated heterocycles. The van der Waals surface area contributed by atoms with Crippen molar-refractivity contribution >= 4 is 17.6 Å². The molecule has 9 nitrogen and oxygen atoms in total. The molecule has 0 radical (unpaired) electrons. The first-order valence-electron chi connectivity index (χ1n) is 16.2. The van der Waals surface area contributed by atoms with E-state index < -0.39 is 35.9 Å². The third kappa shape index (κ3) is 9.72. The predicted molar refractivity (Wildman–Crippen MR) is 179 cm³/mol. The summed E-state index contributed by atoms with van der Waals surface area (Å²) in [6, 6.07) is 22.1. The van der Waals surface area contributed by atoms with E-state index in [4.69, 9.17) is 4.74 Å². The highest BCUT2D eigenvalue weighted by atomic mass is 16.5. The van der Waals surface area contributed by atoms with Crippen molar-refractivity contribution in [3.05, 3.63) is 101 Å². The fraction of sp³-hybridized carbons (Fsp3) is 0.432. The molecule has 1 aliphatic rings. The van der Waals surface area contributed by atoms with Crippen LogP contribution in [0.25, 0.3) is 0 Å². The average Bonchev–Trinajstić information content (AvgIpc) is 3.04. The number of amides is 2. The number of rotatable bonds is 15. The predicted octanol–water partition coefficient (Wildman–Crippen LogP) is 3.34. The smallest absolute Gasteiger partial charge is 0.258 e. The number of hydrogen-bond donors (Lipinski definition) is 4. The van der Waals surface area contributed by atoms with Crippen LogP contribution in [0, 0.1) is 19.8 Å². The summed E-state index contributed by atoms with van der Waals surface area (Å²) in [7, 11) is 0. The fourth-order valence-electron chi connectivity index (χ4n) is 6.09. The second-order valence-electron chi connectivity index (χ2n) is 12.5. The number of nitrogens with one attached hydrogen (secondary N) is 3. The Balaban J connectivity index is 1.56. The molecule has 3 aromatic carbocycles. The zero-order valence-corrected chi connectivity index (χ0v) is 27.4. The van der Waals surface area contributed by atoms with Gasteiger partial charge in [-0.2, -0.15) is 0 Å². The van der Waals surface area contributed by atoms with Gasteiger partial charge in [-0.05, 0) is 67.8 Å². The molecule has 1 aliphatic heterocycles. The standard InChI is InChI=1S/C37H48N4O5/c1-25(2)33(41-20-12-19-38-24-41)37(45)40-31(22-29-17-9-6-10-18-29)35(44)34(43)30(21-28-15-7-5-8-16-28)39-32(42)23-46-36-26(3)13-11-14-27(36)4/h5-11,13-18,25,30-31,33-34,38,43H,12,19-24H2,1-4H3,(H,39,42)(H,40,45)/t30-,31+,33+,34+/m1/s1. The first-order chi connectivity index (χ1) is 22.1. The SMILES string of the molecule is Cc1cccc(C)c1OCC(=O)N[C@H](Cc1ccccc1)[C@H](O)C(=O)[C@H](Cc1ccccc1)NC(=O)[C@H](C(C)C)N1CCCNC1. The number of aliphatic hydroxyl groups excluding tert-OH is 1. The number of aliphatic hydroxyl groups is 1. The lowest BCUT2D eigenvalue weighted by Crippen LogP contribution is -2.60. The quantitative estimate of drug-likeness (QED) is 0.204. The minimum absolute atomic E-state index is 0.000642. The van der Waals surface area contributed by atoms with Gasteiger partial charge in [-0.25, -0.2) is 0 Å². The van der Waals surface area contributed by atoms with Crippen LogP contribution in [0.2, 0.25) is 0 Å². The van der Waals surface area contributed by atoms with E-state index >= 15 is 0 Å². The van der Waals surface area contributed by atoms with E-state index in [1.165, 1.54) is 0 Å². The molecule has 0 unspecified atom stereocenters. The van der Waals surface area contributed by atoms with Crippen LogP contribution in [0.1, 0.15) is 42.5 Å². The third-order valence-corrected chi connectivity index (χ3v) is 8.42. The molecule has 1 heterocycles. The molecule has 4 N–H and O–H groups in total. The number of carbonyl (C=O) groups is 3. The van der Waals surface area contributed by atoms with Gasteiger partial charge in [-0.15, -0.1) is 0 Å². The van der Waals surface area contributed by atoms with Crippen LogP contribution < -0.4 is 20.7 Å². The molecule has 0 aromatic heterocycles. The van der Waals surface area contributed by atoms with Gasteiger partial charge in [-0.3, -0.25) is 19.3 Å². The molecule has 0 aliphatic carbocycles. The highest BCUT2D eigenvalue weighted by Gasteiger charge is 2.37. The molecule has 46 heavy (non-hydrogen) atoms. The van der Waals surface area contributed by atoms with Gasteiger partial charge in [0.1, 0.15) is 11.9 Å². The Labute approximate surface area is 272 Å². The van der Waals surface area contributed by atoms with Crippen molar-refractivity contribution in [3.8, 4) is 5.75 Å². The Bertz CT molecular complexity index is 1410. The van der Waals surface area contributed by atoms with Gasteiger partial charge in [0.15, 0.2) is 12.4 Å². The molecule has 246 valence electrons. The van der Waals surface area contributed by atoms with E-state index in [0.717, 1.165) is 41.8 Å². The largest absolute Gasteiger partial charge is 0.483 e. The highest BCUT2D eigenvalue weighted by molar-refractivity contribution is 5.94. The average molecular weight is 629 g/mol. The summed E-state index contributed by atoms with van der Waals surface area (Å²) in [5.41, 5.74) is 3.50. The van der Waals surface area contributed by atoms with Gasteiger partial charge in [0, 0.05) is 13.2 Å². The van der Waals surface area contributed by atoms with Crippen LogP contribution in [-0.4, -0.2) is 78.2 Å². The van der Waals surface area contributed by atoms with Gasteiger partial charge < -0.3 is 25.8 Å². The lowest BCUT2D eigenvalue weighted by Gasteiger charge is -2.37. The summed E-state index contributed by atoms with van der Waals surface area (Å²) in [6.07, 6.45) is -0.251. The summed E-state index contributed by atoms with van der Waals surface area (Å²) >= 11 is 0. The summed E-state index contributed by atoms with van der Waals surface area (Å²) in [4.78, 5) is 43.3. The van der Waals surface area contributed by atoms with Gasteiger partial charge in [-0.1, -0.05) is 92.7 Å². The second-order valence-corrected chi connectivity index (χ2v) is 12.5. The minimum Gasteiger partial charge on any atom is -0.483 e. The van der Waals surface area contributed by atoms with Crippen molar-refractivity contribution in [1.29, 1.82) is 0 Å². The van der Waals surface area contributed by atoms with Crippen LogP contribution in [0.3, 0.4) is 0 Å². The summed E-state index contributed by atoms with van der Waals surface area (Å²) in [5, 5.41) is 20.8. The van der Waals surface area contributed by atoms with Gasteiger partial charge in [0.2, 0.25) is 5.91 Å². The number of nitrogens with zero attached hydrogens (tertiary/aromatic N) is 1. The maximum atomic E-state index is 14.2. The van der Waals surface area contributed by atoms with Crippen molar-refractivity contribution in [3.63, 3.8) is 0 Å². The molecule has 0 spiro atoms. The van der Waals surface area contributed by atoms with E-state index in [1.54, 1.807) is 0 Å². The molecule has 4 rings (SSSR count). The molecule has 4 atom stereocenters. The van der Waals surface area contributed by atoms with Crippen molar-refractivity contribution < 1.29 is 24.2 Å². The second kappa shape index (κ2) is 17.0. The number of carbonyl (C=O) groups excluding carboxylic acids is 3. The highest BCUT2D eigenvalue weighted by Crippen LogP contribution is 2.22. The van der Waals surface area contributed by atoms with Crippen LogP contribution in [0.5, 0.6) is 5.75 Å². The first kappa shape index (κ1) is 34.8. The van der Waals surface area contributed by atoms with Crippen LogP contribution in [-0.2, 0) is 27.2 Å². The maximum Gasteiger partial charge on any atom is 0.258 e. The fourth-order valence-corrected chi connectivity index (χ4v) is 6.09. The van der Waals surface area contributed by atoms with Crippen molar-refractivity contribution in [1.82, 2.24) is 20.9 Å². The normalized spacial score (nSPS) is 16.2. The number of benzene rings is 3. The lowest BCUT2D eigenvalue weighted by molar-refractivity contribution is -0.137. The molecule has 1 fully saturated rings. The van der Waals surface area contributed by atoms with E-state index in [-0.39, 0.29) is 31.3 Å². The maximum absolute atomic E-state index is 14.2. The minimum atomic E-state index is -1.59. The number of hydrogen-bond acceptors (Lipinski definition) is 7. The number of para-hydroxylation sites is 1. The number of aryl methyl sites for hydroxylation is 2. The number of ether oxygens (including phenoxy) is 1. The Morgan fingerprint density at radius 3 is 2.04 bits per heavy atom. The van der Waals surface area contributed by atoms with E-state index in [2.05, 4.69) is 20.9 Å². The summed E-state index contributed by atoms with van der Waals surface area (Å²) < 4.78 is 5.86. The lowest BCUT2D eigenvalue weighted by atomic mass is 9.91. The van der Waals surface area contributed by atoms with E-state index in [9.17, 15) is 19.5 Å². The molecule has 0 saturated carbocycles. The Morgan fingerprint density at radius 1 is 0.870 bits per heavy atom. The third-order valence-electron chi connectivity index (χ3n) is 8.42. The molecular formula is C37H48N4O5. The molecule has 2 amide bonds. The molecular weight excluding hydrogens is 580 g/mol. The topological polar surface area (TPSA) is 120 Å². The van der Waals surface area contributed by atoms with Crippen LogP contribution in [0.4, 0.5) is 0 Å². The van der Waals surface area contributed by atoms with Crippen LogP contribution >= 0.6 is 0 Å². The summed E-state index contributed by atoms with van der Waals surface area (Å²) in [6.45, 7) is 9.79. The molecule has 9 heteroatoms. The molecule has 0 bridgehead atoms. The van der Waals surface area contributed by atoms with E-state index in [1.807, 2.05) is 107 Å². The number of Topliss-reactive ketones (excluding diaryl/α,β-unsaturated/α-hetero) is 1. The molecule has 3 aromatic rings. The Hall–Kier alpha value is -4.05. The van der Waals surface area contributed by atoms with Crippen molar-refractivity contribution in [2.75, 3.05) is 26.4 Å². The Morgan fingerprint density at radius 2 is 1.48 bits per heavy atom. The van der Waals surface area contributed by atoms with Crippen molar-refractivity contribution in [2.24, 2.45) is 5.92 Å². The number of ketones is 1. The van der Waals surface area contributed by atoms with Crippen molar-refractivity contribution in [2.45, 2.75) is 71.2 Å². The monoisotopic (exact) mass is 628 g/mol. The zero-order chi connectivity index (χ0) is 33.1. The van der Waals surface area contributed by atoms with E-state index in [0.29, 0.717) is 12.4 Å². The zero-order valence-electron chi connectivity index (χ0n) is 27.4. The summed E-state index contributed by atoms with van der Waals surface area (Å²) in [5.74, 6) is -0.654. The van der Waals surface area contributed by atoms with Gasteiger partial charge in [0.05, 0.1) is 18.1 Å². The van der Waals surface area contributed by atoms with Gasteiger partial charge >= 0.3 is 0 Å². The Kier molecular flexibility index (Phi) is 12.9. The van der Waals surface area contributed by atoms with Crippen LogP contribution in [0.15, 0.2) is 78.9 Å². The van der Waals surface area contributed by atoms with Gasteiger partial charge in [0.25, 0.3) is 5.91 Å².